The summed E-state index contributed by atoms with van der Waals surface area (Å²) in [5.41, 5.74) is 4.50. The minimum atomic E-state index is -0.494. The Morgan fingerprint density at radius 3 is 2.50 bits per heavy atom. The minimum absolute atomic E-state index is 0.00172. The molecule has 1 heterocycles. The SMILES string of the molecule is CCCOc1ccc(C=C2C(=O)NN(c3ccccc3)C2=O)c(OCCCC(=O)OCC)c1C. The quantitative estimate of drug-likeness (QED) is 0.233. The van der Waals surface area contributed by atoms with Crippen LogP contribution < -0.4 is 19.9 Å². The molecule has 0 unspecified atom stereocenters. The van der Waals surface area contributed by atoms with Crippen LogP contribution in [0.2, 0.25) is 0 Å². The van der Waals surface area contributed by atoms with E-state index in [1.165, 1.54) is 11.1 Å². The highest BCUT2D eigenvalue weighted by Crippen LogP contribution is 2.34. The number of hydrazine groups is 1. The number of esters is 1. The third-order valence-corrected chi connectivity index (χ3v) is 5.13. The maximum atomic E-state index is 13.0. The van der Waals surface area contributed by atoms with E-state index < -0.39 is 11.8 Å². The number of benzene rings is 2. The van der Waals surface area contributed by atoms with Crippen LogP contribution in [0.1, 0.15) is 44.2 Å². The lowest BCUT2D eigenvalue weighted by Gasteiger charge is -2.16. The maximum absolute atomic E-state index is 13.0. The summed E-state index contributed by atoms with van der Waals surface area (Å²) in [7, 11) is 0. The summed E-state index contributed by atoms with van der Waals surface area (Å²) in [5.74, 6) is -0.0554. The van der Waals surface area contributed by atoms with Crippen molar-refractivity contribution in [3.8, 4) is 11.5 Å². The van der Waals surface area contributed by atoms with Crippen molar-refractivity contribution < 1.29 is 28.6 Å². The second-order valence-electron chi connectivity index (χ2n) is 7.69. The highest BCUT2D eigenvalue weighted by Gasteiger charge is 2.34. The molecule has 180 valence electrons. The molecule has 0 saturated carbocycles. The number of anilines is 1. The predicted molar refractivity (Wildman–Crippen MR) is 128 cm³/mol. The molecule has 2 aromatic carbocycles. The summed E-state index contributed by atoms with van der Waals surface area (Å²) in [5, 5.41) is 1.22. The molecule has 0 spiro atoms. The van der Waals surface area contributed by atoms with Gasteiger partial charge in [0.1, 0.15) is 17.1 Å². The number of carbonyl (C=O) groups is 3. The largest absolute Gasteiger partial charge is 0.493 e. The van der Waals surface area contributed by atoms with Crippen molar-refractivity contribution in [1.29, 1.82) is 0 Å². The molecule has 8 heteroatoms. The van der Waals surface area contributed by atoms with Crippen molar-refractivity contribution in [2.24, 2.45) is 0 Å². The van der Waals surface area contributed by atoms with Gasteiger partial charge in [0.25, 0.3) is 11.8 Å². The zero-order valence-electron chi connectivity index (χ0n) is 19.8. The zero-order valence-corrected chi connectivity index (χ0v) is 19.8. The first-order chi connectivity index (χ1) is 16.5. The van der Waals surface area contributed by atoms with Crippen LogP contribution in [0, 0.1) is 6.92 Å². The molecule has 0 bridgehead atoms. The summed E-state index contributed by atoms with van der Waals surface area (Å²) < 4.78 is 16.8. The third kappa shape index (κ3) is 5.95. The van der Waals surface area contributed by atoms with E-state index in [4.69, 9.17) is 14.2 Å². The van der Waals surface area contributed by atoms with E-state index in [1.54, 1.807) is 43.3 Å². The Morgan fingerprint density at radius 1 is 1.03 bits per heavy atom. The molecule has 0 radical (unpaired) electrons. The van der Waals surface area contributed by atoms with Crippen LogP contribution in [-0.2, 0) is 19.1 Å². The Bertz CT molecular complexity index is 1060. The van der Waals surface area contributed by atoms with Crippen molar-refractivity contribution in [2.45, 2.75) is 40.0 Å². The summed E-state index contributed by atoms with van der Waals surface area (Å²) in [6, 6.07) is 12.5. The monoisotopic (exact) mass is 466 g/mol. The third-order valence-electron chi connectivity index (χ3n) is 5.13. The van der Waals surface area contributed by atoms with Gasteiger partial charge < -0.3 is 14.2 Å². The second-order valence-corrected chi connectivity index (χ2v) is 7.69. The van der Waals surface area contributed by atoms with E-state index in [9.17, 15) is 14.4 Å². The van der Waals surface area contributed by atoms with E-state index in [0.29, 0.717) is 42.4 Å². The number of ether oxygens (including phenoxy) is 3. The Labute approximate surface area is 199 Å². The fourth-order valence-corrected chi connectivity index (χ4v) is 3.46. The van der Waals surface area contributed by atoms with Crippen LogP contribution in [0.4, 0.5) is 5.69 Å². The Balaban J connectivity index is 1.86. The lowest BCUT2D eigenvalue weighted by atomic mass is 10.0. The van der Waals surface area contributed by atoms with Crippen LogP contribution in [0.25, 0.3) is 6.08 Å². The Morgan fingerprint density at radius 2 is 1.79 bits per heavy atom. The molecular formula is C26H30N2O6. The number of hydrogen-bond acceptors (Lipinski definition) is 6. The lowest BCUT2D eigenvalue weighted by Crippen LogP contribution is -2.35. The van der Waals surface area contributed by atoms with E-state index in [0.717, 1.165) is 12.0 Å². The fraction of sp³-hybridized carbons (Fsp3) is 0.346. The molecule has 2 aromatic rings. The molecule has 1 aliphatic heterocycles. The number of hydrogen-bond donors (Lipinski definition) is 1. The smallest absolute Gasteiger partial charge is 0.305 e. The average Bonchev–Trinajstić information content (AvgIpc) is 3.11. The van der Waals surface area contributed by atoms with Crippen molar-refractivity contribution in [2.75, 3.05) is 24.8 Å². The van der Waals surface area contributed by atoms with E-state index in [2.05, 4.69) is 5.43 Å². The number of nitrogens with zero attached hydrogens (tertiary/aromatic N) is 1. The van der Waals surface area contributed by atoms with E-state index >= 15 is 0 Å². The van der Waals surface area contributed by atoms with Crippen molar-refractivity contribution >= 4 is 29.5 Å². The molecule has 8 nitrogen and oxygen atoms in total. The lowest BCUT2D eigenvalue weighted by molar-refractivity contribution is -0.143. The molecule has 34 heavy (non-hydrogen) atoms. The molecule has 1 N–H and O–H groups in total. The molecule has 3 rings (SSSR count). The number of carbonyl (C=O) groups excluding carboxylic acids is 3. The van der Waals surface area contributed by atoms with Gasteiger partial charge in [0.05, 0.1) is 25.5 Å². The van der Waals surface area contributed by atoms with Gasteiger partial charge in [-0.05, 0) is 57.0 Å². The predicted octanol–water partition coefficient (Wildman–Crippen LogP) is 3.97. The normalized spacial score (nSPS) is 14.3. The van der Waals surface area contributed by atoms with Crippen LogP contribution in [0.5, 0.6) is 11.5 Å². The Hall–Kier alpha value is -3.81. The van der Waals surface area contributed by atoms with Crippen molar-refractivity contribution in [1.82, 2.24) is 5.43 Å². The molecule has 1 saturated heterocycles. The molecule has 1 aliphatic rings. The highest BCUT2D eigenvalue weighted by atomic mass is 16.5. The highest BCUT2D eigenvalue weighted by molar-refractivity contribution is 6.31. The number of para-hydroxylation sites is 1. The Kier molecular flexibility index (Phi) is 8.67. The topological polar surface area (TPSA) is 94.2 Å². The van der Waals surface area contributed by atoms with Gasteiger partial charge in [-0.3, -0.25) is 19.8 Å². The molecule has 1 fully saturated rings. The second kappa shape index (κ2) is 11.9. The first-order valence-electron chi connectivity index (χ1n) is 11.4. The number of rotatable bonds is 11. The van der Waals surface area contributed by atoms with Gasteiger partial charge in [0, 0.05) is 17.5 Å². The first kappa shape index (κ1) is 24.8. The molecule has 0 aromatic heterocycles. The van der Waals surface area contributed by atoms with E-state index in [-0.39, 0.29) is 24.6 Å². The van der Waals surface area contributed by atoms with Gasteiger partial charge in [-0.15, -0.1) is 0 Å². The summed E-state index contributed by atoms with van der Waals surface area (Å²) in [4.78, 5) is 37.2. The van der Waals surface area contributed by atoms with Crippen LogP contribution in [0.3, 0.4) is 0 Å². The standard InChI is InChI=1S/C26H30N2O6/c1-4-15-33-22-14-13-19(24(18(22)3)34-16-9-12-23(29)32-5-2)17-21-25(30)27-28(26(21)31)20-10-7-6-8-11-20/h6-8,10-11,13-14,17H,4-5,9,12,15-16H2,1-3H3,(H,27,30). The van der Waals surface area contributed by atoms with Crippen molar-refractivity contribution in [3.05, 3.63) is 59.2 Å². The average molecular weight is 467 g/mol. The van der Waals surface area contributed by atoms with Crippen molar-refractivity contribution in [3.63, 3.8) is 0 Å². The van der Waals surface area contributed by atoms with Gasteiger partial charge in [0.15, 0.2) is 0 Å². The van der Waals surface area contributed by atoms with Crippen LogP contribution >= 0.6 is 0 Å². The van der Waals surface area contributed by atoms with Gasteiger partial charge in [0.2, 0.25) is 0 Å². The first-order valence-corrected chi connectivity index (χ1v) is 11.4. The molecule has 0 atom stereocenters. The zero-order chi connectivity index (χ0) is 24.5. The maximum Gasteiger partial charge on any atom is 0.305 e. The van der Waals surface area contributed by atoms with Crippen LogP contribution in [-0.4, -0.2) is 37.6 Å². The number of nitrogens with one attached hydrogen (secondary N) is 1. The van der Waals surface area contributed by atoms with E-state index in [1.807, 2.05) is 19.9 Å². The summed E-state index contributed by atoms with van der Waals surface area (Å²) >= 11 is 0. The molecule has 0 aliphatic carbocycles. The van der Waals surface area contributed by atoms with Gasteiger partial charge in [-0.1, -0.05) is 25.1 Å². The van der Waals surface area contributed by atoms with Gasteiger partial charge in [-0.25, -0.2) is 5.01 Å². The van der Waals surface area contributed by atoms with Crippen LogP contribution in [0.15, 0.2) is 48.0 Å². The number of amides is 2. The fourth-order valence-electron chi connectivity index (χ4n) is 3.46. The molecular weight excluding hydrogens is 436 g/mol. The van der Waals surface area contributed by atoms with Gasteiger partial charge in [-0.2, -0.15) is 0 Å². The summed E-state index contributed by atoms with van der Waals surface area (Å²) in [6.07, 6.45) is 3.08. The molecule has 2 amide bonds. The van der Waals surface area contributed by atoms with Gasteiger partial charge >= 0.3 is 5.97 Å². The minimum Gasteiger partial charge on any atom is -0.493 e. The summed E-state index contributed by atoms with van der Waals surface area (Å²) in [6.45, 7) is 6.80.